The van der Waals surface area contributed by atoms with Crippen molar-refractivity contribution in [1.82, 2.24) is 0 Å². The Labute approximate surface area is 211 Å². The number of benzene rings is 4. The number of hydrogen-bond acceptors (Lipinski definition) is 0. The lowest BCUT2D eigenvalue weighted by Crippen LogP contribution is -2.33. The van der Waals surface area contributed by atoms with Gasteiger partial charge >= 0.3 is 0 Å². The van der Waals surface area contributed by atoms with Gasteiger partial charge in [0, 0.05) is 29.8 Å². The van der Waals surface area contributed by atoms with Crippen LogP contribution >= 0.6 is 0 Å². The zero-order valence-corrected chi connectivity index (χ0v) is 21.5. The molecule has 1 heteroatoms. The highest BCUT2D eigenvalue weighted by Crippen LogP contribution is 2.40. The van der Waals surface area contributed by atoms with Gasteiger partial charge in [-0.2, -0.15) is 4.57 Å². The molecule has 4 aromatic carbocycles. The molecule has 0 saturated carbocycles. The lowest BCUT2D eigenvalue weighted by molar-refractivity contribution is -0.538. The predicted molar refractivity (Wildman–Crippen MR) is 153 cm³/mol. The van der Waals surface area contributed by atoms with Crippen LogP contribution < -0.4 is 4.57 Å². The predicted octanol–water partition coefficient (Wildman–Crippen LogP) is 9.10. The molecule has 0 fully saturated rings. The van der Waals surface area contributed by atoms with Gasteiger partial charge < -0.3 is 0 Å². The third-order valence-electron chi connectivity index (χ3n) is 6.98. The van der Waals surface area contributed by atoms with Crippen LogP contribution in [0.5, 0.6) is 0 Å². The molecular weight excluding hydrogens is 422 g/mol. The summed E-state index contributed by atoms with van der Waals surface area (Å²) < 4.78 is 2.45. The summed E-state index contributed by atoms with van der Waals surface area (Å²) in [6, 6.07) is 29.4. The van der Waals surface area contributed by atoms with Crippen LogP contribution in [0.15, 0.2) is 78.9 Å². The summed E-state index contributed by atoms with van der Waals surface area (Å²) in [6.07, 6.45) is 0. The minimum atomic E-state index is 0. The van der Waals surface area contributed by atoms with E-state index in [1.54, 1.807) is 0 Å². The molecule has 0 aliphatic heterocycles. The summed E-state index contributed by atoms with van der Waals surface area (Å²) in [5, 5.41) is 2.59. The molecule has 1 heterocycles. The van der Waals surface area contributed by atoms with Crippen LogP contribution in [0.1, 0.15) is 56.0 Å². The lowest BCUT2D eigenvalue weighted by Gasteiger charge is -2.21. The Hall–Kier alpha value is -3.45. The first-order valence-corrected chi connectivity index (χ1v) is 12.2. The Morgan fingerprint density at radius 3 is 1.74 bits per heavy atom. The van der Waals surface area contributed by atoms with E-state index in [0.29, 0.717) is 0 Å². The summed E-state index contributed by atoms with van der Waals surface area (Å²) in [5.74, 6) is 0. The maximum atomic E-state index is 2.45. The van der Waals surface area contributed by atoms with E-state index in [1.807, 2.05) is 0 Å². The van der Waals surface area contributed by atoms with Gasteiger partial charge in [0.2, 0.25) is 16.7 Å². The molecular formula is C34H38N+. The van der Waals surface area contributed by atoms with Crippen molar-refractivity contribution in [2.75, 3.05) is 0 Å². The molecule has 178 valence electrons. The second kappa shape index (κ2) is 8.96. The van der Waals surface area contributed by atoms with Crippen molar-refractivity contribution in [3.63, 3.8) is 0 Å². The minimum absolute atomic E-state index is 0. The molecule has 0 spiro atoms. The van der Waals surface area contributed by atoms with Crippen molar-refractivity contribution in [1.29, 1.82) is 0 Å². The second-order valence-corrected chi connectivity index (χ2v) is 10.8. The number of rotatable bonds is 2. The maximum absolute atomic E-state index is 2.45. The molecule has 1 nitrogen and oxygen atoms in total. The highest BCUT2D eigenvalue weighted by atomic mass is 15.0. The van der Waals surface area contributed by atoms with Gasteiger partial charge in [-0.3, -0.25) is 0 Å². The Bertz CT molecular complexity index is 1530. The molecule has 1 aromatic heterocycles. The molecule has 0 unspecified atom stereocenters. The molecule has 0 radical (unpaired) electrons. The Kier molecular flexibility index (Phi) is 6.32. The summed E-state index contributed by atoms with van der Waals surface area (Å²) in [5.41, 5.74) is 13.1. The van der Waals surface area contributed by atoms with Gasteiger partial charge in [0.1, 0.15) is 0 Å². The molecule has 0 amide bonds. The van der Waals surface area contributed by atoms with Gasteiger partial charge in [-0.25, -0.2) is 0 Å². The summed E-state index contributed by atoms with van der Waals surface area (Å²) in [7, 11) is 0. The number of aromatic nitrogens is 1. The average molecular weight is 461 g/mol. The zero-order chi connectivity index (χ0) is 24.2. The van der Waals surface area contributed by atoms with Crippen LogP contribution in [0, 0.1) is 27.7 Å². The fraction of sp³-hybridized carbons (Fsp3) is 0.265. The standard InChI is InChI=1S/C33H34N.CH4/c1-21-13-15-27-29(19-21)34(26-11-9-8-10-12-26)30-20-25(33(5,6)7)14-16-28(30)32(27)31-23(3)17-22(2)18-24(31)4;/h8-20H,1-7H3;1H4/q+1;. The first-order valence-electron chi connectivity index (χ1n) is 12.2. The van der Waals surface area contributed by atoms with Gasteiger partial charge in [-0.1, -0.05) is 76.2 Å². The van der Waals surface area contributed by atoms with Gasteiger partial charge in [0.25, 0.3) is 0 Å². The molecule has 0 aliphatic carbocycles. The Morgan fingerprint density at radius 2 is 1.14 bits per heavy atom. The van der Waals surface area contributed by atoms with Crippen LogP contribution in [0.25, 0.3) is 38.6 Å². The van der Waals surface area contributed by atoms with E-state index >= 15 is 0 Å². The van der Waals surface area contributed by atoms with Crippen molar-refractivity contribution < 1.29 is 4.57 Å². The van der Waals surface area contributed by atoms with E-state index in [-0.39, 0.29) is 12.8 Å². The fourth-order valence-electron chi connectivity index (χ4n) is 5.41. The Morgan fingerprint density at radius 1 is 0.571 bits per heavy atom. The lowest BCUT2D eigenvalue weighted by atomic mass is 9.84. The number of pyridine rings is 1. The summed E-state index contributed by atoms with van der Waals surface area (Å²) in [4.78, 5) is 0. The molecule has 35 heavy (non-hydrogen) atoms. The summed E-state index contributed by atoms with van der Waals surface area (Å²) in [6.45, 7) is 15.8. The van der Waals surface area contributed by atoms with Gasteiger partial charge in [-0.15, -0.1) is 0 Å². The monoisotopic (exact) mass is 460 g/mol. The smallest absolute Gasteiger partial charge is 0.153 e. The second-order valence-electron chi connectivity index (χ2n) is 10.8. The van der Waals surface area contributed by atoms with Crippen molar-refractivity contribution in [2.24, 2.45) is 0 Å². The van der Waals surface area contributed by atoms with E-state index in [1.165, 1.54) is 66.4 Å². The van der Waals surface area contributed by atoms with E-state index in [9.17, 15) is 0 Å². The van der Waals surface area contributed by atoms with E-state index in [2.05, 4.69) is 132 Å². The summed E-state index contributed by atoms with van der Waals surface area (Å²) >= 11 is 0. The first-order chi connectivity index (χ1) is 16.1. The number of para-hydroxylation sites is 1. The van der Waals surface area contributed by atoms with Crippen LogP contribution in [-0.2, 0) is 5.41 Å². The third kappa shape index (κ3) is 4.25. The first kappa shape index (κ1) is 24.7. The molecule has 5 rings (SSSR count). The van der Waals surface area contributed by atoms with Crippen LogP contribution in [0.4, 0.5) is 0 Å². The topological polar surface area (TPSA) is 3.88 Å². The number of aryl methyl sites for hydroxylation is 4. The van der Waals surface area contributed by atoms with Crippen LogP contribution in [0.3, 0.4) is 0 Å². The van der Waals surface area contributed by atoms with Crippen molar-refractivity contribution >= 4 is 21.8 Å². The third-order valence-corrected chi connectivity index (χ3v) is 6.98. The minimum Gasteiger partial charge on any atom is -0.153 e. The number of nitrogens with zero attached hydrogens (tertiary/aromatic N) is 1. The van der Waals surface area contributed by atoms with Crippen molar-refractivity contribution in [3.05, 3.63) is 107 Å². The van der Waals surface area contributed by atoms with Gasteiger partial charge in [-0.05, 0) is 73.1 Å². The molecule has 0 N–H and O–H groups in total. The van der Waals surface area contributed by atoms with Crippen LogP contribution in [-0.4, -0.2) is 0 Å². The van der Waals surface area contributed by atoms with E-state index in [4.69, 9.17) is 0 Å². The van der Waals surface area contributed by atoms with Crippen molar-refractivity contribution in [3.8, 4) is 16.8 Å². The zero-order valence-electron chi connectivity index (χ0n) is 21.5. The number of fused-ring (bicyclic) bond motifs is 2. The molecule has 0 aliphatic rings. The normalized spacial score (nSPS) is 11.6. The van der Waals surface area contributed by atoms with E-state index in [0.717, 1.165) is 0 Å². The number of hydrogen-bond donors (Lipinski definition) is 0. The SMILES string of the molecule is C.Cc1cc(C)c(-c2c3ccc(C)cc3[n+](-c3ccccc3)c3cc(C(C)(C)C)ccc23)c(C)c1. The fourth-order valence-corrected chi connectivity index (χ4v) is 5.41. The molecule has 5 aromatic rings. The van der Waals surface area contributed by atoms with Gasteiger partial charge in [0.05, 0.1) is 10.8 Å². The molecule has 0 bridgehead atoms. The van der Waals surface area contributed by atoms with E-state index < -0.39 is 0 Å². The highest BCUT2D eigenvalue weighted by Gasteiger charge is 2.26. The maximum Gasteiger partial charge on any atom is 0.219 e. The van der Waals surface area contributed by atoms with Gasteiger partial charge in [0.15, 0.2) is 0 Å². The Balaban J connectivity index is 0.00000289. The highest BCUT2D eigenvalue weighted by molar-refractivity contribution is 6.09. The molecule has 0 atom stereocenters. The van der Waals surface area contributed by atoms with Crippen LogP contribution in [0.2, 0.25) is 0 Å². The molecule has 0 saturated heterocycles. The quantitative estimate of drug-likeness (QED) is 0.183. The average Bonchev–Trinajstić information content (AvgIpc) is 2.77. The largest absolute Gasteiger partial charge is 0.219 e. The van der Waals surface area contributed by atoms with Crippen molar-refractivity contribution in [2.45, 2.75) is 61.3 Å².